The van der Waals surface area contributed by atoms with Gasteiger partial charge in [-0.15, -0.1) is 0 Å². The summed E-state index contributed by atoms with van der Waals surface area (Å²) in [6.45, 7) is 4.25. The third-order valence-electron chi connectivity index (χ3n) is 1.42. The molecule has 0 unspecified atom stereocenters. The van der Waals surface area contributed by atoms with E-state index in [1.807, 2.05) is 0 Å². The maximum Gasteiger partial charge on any atom is 0.216 e. The van der Waals surface area contributed by atoms with Crippen molar-refractivity contribution >= 4 is 0 Å². The van der Waals surface area contributed by atoms with E-state index >= 15 is 0 Å². The second-order valence-corrected chi connectivity index (χ2v) is 3.05. The summed E-state index contributed by atoms with van der Waals surface area (Å²) in [6.07, 6.45) is 2.56. The van der Waals surface area contributed by atoms with Gasteiger partial charge >= 0.3 is 0 Å². The van der Waals surface area contributed by atoms with Crippen LogP contribution >= 0.6 is 0 Å². The average Bonchev–Trinajstić information content (AvgIpc) is 2.03. The Labute approximate surface area is 72.8 Å². The highest BCUT2D eigenvalue weighted by Crippen LogP contribution is 2.07. The summed E-state index contributed by atoms with van der Waals surface area (Å²) in [4.78, 5) is 8.24. The molecule has 0 aliphatic rings. The second-order valence-electron chi connectivity index (χ2n) is 3.05. The molecule has 0 amide bonds. The topological polar surface area (TPSA) is 35.0 Å². The van der Waals surface area contributed by atoms with E-state index in [9.17, 15) is 0 Å². The molecule has 0 saturated heterocycles. The maximum atomic E-state index is 4.74. The number of ether oxygens (including phenoxy) is 1. The van der Waals surface area contributed by atoms with Gasteiger partial charge in [-0.25, -0.2) is 4.98 Å². The van der Waals surface area contributed by atoms with Crippen LogP contribution in [0.4, 0.5) is 0 Å². The SMILES string of the molecule is [CH2]Oc1ccnc(CC(C)C)n1. The van der Waals surface area contributed by atoms with Crippen LogP contribution in [0.5, 0.6) is 5.88 Å². The minimum absolute atomic E-state index is 0.528. The van der Waals surface area contributed by atoms with E-state index in [0.29, 0.717) is 11.8 Å². The monoisotopic (exact) mass is 165 g/mol. The van der Waals surface area contributed by atoms with Crippen molar-refractivity contribution in [2.45, 2.75) is 20.3 Å². The Morgan fingerprint density at radius 1 is 1.58 bits per heavy atom. The van der Waals surface area contributed by atoms with E-state index in [1.54, 1.807) is 12.3 Å². The molecule has 1 aromatic heterocycles. The average molecular weight is 165 g/mol. The lowest BCUT2D eigenvalue weighted by atomic mass is 10.1. The lowest BCUT2D eigenvalue weighted by Crippen LogP contribution is -2.00. The number of nitrogens with zero attached hydrogens (tertiary/aromatic N) is 2. The summed E-state index contributed by atoms with van der Waals surface area (Å²) in [5, 5.41) is 0. The van der Waals surface area contributed by atoms with Gasteiger partial charge in [-0.2, -0.15) is 4.98 Å². The predicted octanol–water partition coefficient (Wildman–Crippen LogP) is 1.85. The van der Waals surface area contributed by atoms with Crippen molar-refractivity contribution in [3.8, 4) is 5.88 Å². The van der Waals surface area contributed by atoms with E-state index in [-0.39, 0.29) is 0 Å². The van der Waals surface area contributed by atoms with Gasteiger partial charge in [-0.3, -0.25) is 0 Å². The summed E-state index contributed by atoms with van der Waals surface area (Å²) >= 11 is 0. The van der Waals surface area contributed by atoms with Gasteiger partial charge in [0.15, 0.2) is 0 Å². The zero-order valence-corrected chi connectivity index (χ0v) is 7.45. The number of rotatable bonds is 3. The molecule has 0 N–H and O–H groups in total. The Hall–Kier alpha value is -1.12. The quantitative estimate of drug-likeness (QED) is 0.685. The van der Waals surface area contributed by atoms with Crippen LogP contribution in [0.25, 0.3) is 0 Å². The lowest BCUT2D eigenvalue weighted by Gasteiger charge is -2.03. The molecule has 3 nitrogen and oxygen atoms in total. The molecule has 65 valence electrons. The van der Waals surface area contributed by atoms with Crippen molar-refractivity contribution in [2.75, 3.05) is 0 Å². The second kappa shape index (κ2) is 4.04. The van der Waals surface area contributed by atoms with Gasteiger partial charge in [-0.05, 0) is 5.92 Å². The molecular weight excluding hydrogens is 152 g/mol. The molecule has 1 rings (SSSR count). The van der Waals surface area contributed by atoms with Crippen LogP contribution in [0.15, 0.2) is 12.3 Å². The summed E-state index contributed by atoms with van der Waals surface area (Å²) in [6, 6.07) is 1.69. The summed E-state index contributed by atoms with van der Waals surface area (Å²) < 4.78 is 4.74. The molecule has 0 aliphatic heterocycles. The molecule has 0 fully saturated rings. The Bertz CT molecular complexity index is 248. The first-order chi connectivity index (χ1) is 5.72. The zero-order valence-electron chi connectivity index (χ0n) is 7.45. The van der Waals surface area contributed by atoms with Crippen LogP contribution in [0.3, 0.4) is 0 Å². The minimum atomic E-state index is 0.528. The third-order valence-corrected chi connectivity index (χ3v) is 1.42. The Balaban J connectivity index is 2.72. The maximum absolute atomic E-state index is 4.74. The van der Waals surface area contributed by atoms with Gasteiger partial charge in [-0.1, -0.05) is 13.8 Å². The highest BCUT2D eigenvalue weighted by atomic mass is 16.5. The first-order valence-corrected chi connectivity index (χ1v) is 3.96. The number of hydrogen-bond donors (Lipinski definition) is 0. The largest absolute Gasteiger partial charge is 0.474 e. The molecule has 0 spiro atoms. The minimum Gasteiger partial charge on any atom is -0.474 e. The van der Waals surface area contributed by atoms with Crippen molar-refractivity contribution in [2.24, 2.45) is 5.92 Å². The smallest absolute Gasteiger partial charge is 0.216 e. The molecule has 0 aromatic carbocycles. The molecule has 12 heavy (non-hydrogen) atoms. The van der Waals surface area contributed by atoms with Crippen molar-refractivity contribution in [1.82, 2.24) is 9.97 Å². The van der Waals surface area contributed by atoms with Gasteiger partial charge in [0.1, 0.15) is 12.9 Å². The van der Waals surface area contributed by atoms with E-state index in [2.05, 4.69) is 30.9 Å². The standard InChI is InChI=1S/C9H13N2O/c1-7(2)6-8-10-5-4-9(11-8)12-3/h4-5,7H,3,6H2,1-2H3. The van der Waals surface area contributed by atoms with E-state index in [1.165, 1.54) is 0 Å². The van der Waals surface area contributed by atoms with Crippen molar-refractivity contribution < 1.29 is 4.74 Å². The van der Waals surface area contributed by atoms with Crippen molar-refractivity contribution in [1.29, 1.82) is 0 Å². The number of aromatic nitrogens is 2. The molecule has 1 heterocycles. The van der Waals surface area contributed by atoms with Crippen LogP contribution in [0.2, 0.25) is 0 Å². The zero-order chi connectivity index (χ0) is 8.97. The number of hydrogen-bond acceptors (Lipinski definition) is 3. The Kier molecular flexibility index (Phi) is 3.02. The Morgan fingerprint density at radius 3 is 2.92 bits per heavy atom. The molecule has 1 aromatic rings. The van der Waals surface area contributed by atoms with Crippen molar-refractivity contribution in [3.05, 3.63) is 25.2 Å². The lowest BCUT2D eigenvalue weighted by molar-refractivity contribution is 0.446. The third kappa shape index (κ3) is 2.49. The fourth-order valence-corrected chi connectivity index (χ4v) is 0.924. The fourth-order valence-electron chi connectivity index (χ4n) is 0.924. The predicted molar refractivity (Wildman–Crippen MR) is 46.6 cm³/mol. The normalized spacial score (nSPS) is 10.3. The van der Waals surface area contributed by atoms with Gasteiger partial charge in [0.2, 0.25) is 5.88 Å². The van der Waals surface area contributed by atoms with Crippen molar-refractivity contribution in [3.63, 3.8) is 0 Å². The van der Waals surface area contributed by atoms with Crippen LogP contribution in [-0.4, -0.2) is 9.97 Å². The highest BCUT2D eigenvalue weighted by molar-refractivity contribution is 5.08. The van der Waals surface area contributed by atoms with E-state index < -0.39 is 0 Å². The first kappa shape index (κ1) is 8.97. The van der Waals surface area contributed by atoms with Gasteiger partial charge in [0.05, 0.1) is 0 Å². The van der Waals surface area contributed by atoms with Crippen LogP contribution < -0.4 is 4.74 Å². The summed E-state index contributed by atoms with van der Waals surface area (Å²) in [5.74, 6) is 1.90. The van der Waals surface area contributed by atoms with Gasteiger partial charge < -0.3 is 4.74 Å². The molecule has 1 radical (unpaired) electrons. The van der Waals surface area contributed by atoms with E-state index in [0.717, 1.165) is 12.2 Å². The Morgan fingerprint density at radius 2 is 2.33 bits per heavy atom. The van der Waals surface area contributed by atoms with Gasteiger partial charge in [0, 0.05) is 18.7 Å². The van der Waals surface area contributed by atoms with Crippen LogP contribution in [-0.2, 0) is 6.42 Å². The summed E-state index contributed by atoms with van der Waals surface area (Å²) in [5.41, 5.74) is 0. The first-order valence-electron chi connectivity index (χ1n) is 3.96. The summed E-state index contributed by atoms with van der Waals surface area (Å²) in [7, 11) is 3.29. The van der Waals surface area contributed by atoms with Crippen LogP contribution in [0, 0.1) is 13.0 Å². The van der Waals surface area contributed by atoms with E-state index in [4.69, 9.17) is 4.74 Å². The molecule has 3 heteroatoms. The fraction of sp³-hybridized carbons (Fsp3) is 0.444. The van der Waals surface area contributed by atoms with Crippen LogP contribution in [0.1, 0.15) is 19.7 Å². The van der Waals surface area contributed by atoms with Gasteiger partial charge in [0.25, 0.3) is 0 Å². The molecule has 0 atom stereocenters. The molecule has 0 bridgehead atoms. The molecule has 0 aliphatic carbocycles. The molecular formula is C9H13N2O. The highest BCUT2D eigenvalue weighted by Gasteiger charge is 2.01. The molecule has 0 saturated carbocycles.